The van der Waals surface area contributed by atoms with Gasteiger partial charge in [-0.3, -0.25) is 4.79 Å². The molecule has 0 fully saturated rings. The Morgan fingerprint density at radius 2 is 2.14 bits per heavy atom. The van der Waals surface area contributed by atoms with Gasteiger partial charge in [-0.05, 0) is 42.0 Å². The van der Waals surface area contributed by atoms with Crippen LogP contribution in [0.3, 0.4) is 0 Å². The third-order valence-electron chi connectivity index (χ3n) is 5.73. The van der Waals surface area contributed by atoms with E-state index in [0.29, 0.717) is 38.8 Å². The number of fused-ring (bicyclic) bond motifs is 2. The van der Waals surface area contributed by atoms with Gasteiger partial charge in [-0.2, -0.15) is 15.0 Å². The van der Waals surface area contributed by atoms with Gasteiger partial charge in [0.1, 0.15) is 17.1 Å². The van der Waals surface area contributed by atoms with Gasteiger partial charge in [0.15, 0.2) is 6.61 Å². The van der Waals surface area contributed by atoms with Crippen molar-refractivity contribution in [1.82, 2.24) is 25.1 Å². The summed E-state index contributed by atoms with van der Waals surface area (Å²) in [7, 11) is 1.71. The average molecular weight is 499 g/mol. The number of allylic oxidation sites excluding steroid dienone is 5. The highest BCUT2D eigenvalue weighted by atomic mass is 19.3. The van der Waals surface area contributed by atoms with E-state index in [1.807, 2.05) is 0 Å². The Labute approximate surface area is 208 Å². The van der Waals surface area contributed by atoms with Gasteiger partial charge >= 0.3 is 0 Å². The highest BCUT2D eigenvalue weighted by molar-refractivity contribution is 6.12. The highest BCUT2D eigenvalue weighted by Crippen LogP contribution is 2.30. The number of alkyl halides is 2. The number of hydrogen-bond donors (Lipinski definition) is 3. The maximum absolute atomic E-state index is 13.9. The number of nitrogens with zero attached hydrogens (tertiary/aromatic N) is 4. The summed E-state index contributed by atoms with van der Waals surface area (Å²) in [5.74, 6) is -0.0714. The Balaban J connectivity index is 1.78. The van der Waals surface area contributed by atoms with Crippen LogP contribution < -0.4 is 15.6 Å². The summed E-state index contributed by atoms with van der Waals surface area (Å²) in [6.07, 6.45) is 5.34. The second kappa shape index (κ2) is 9.50. The van der Waals surface area contributed by atoms with Crippen molar-refractivity contribution < 1.29 is 13.5 Å². The van der Waals surface area contributed by atoms with Gasteiger partial charge in [-0.25, -0.2) is 13.8 Å². The number of rotatable bonds is 6. The largest absolute Gasteiger partial charge is 0.472 e. The number of pyridine rings is 1. The second-order valence-corrected chi connectivity index (χ2v) is 8.09. The van der Waals surface area contributed by atoms with Gasteiger partial charge in [0.05, 0.1) is 22.5 Å². The van der Waals surface area contributed by atoms with Gasteiger partial charge in [-0.15, -0.1) is 0 Å². The standard InChI is InChI=1S/C26H19F2N7O2/c1-31-11-15-8-17(3-4-19(15)30)35-26(36)24(14-2-5-20-18(9-14)16(10-29)12-32-20)25-21(34-35)6-7-23(33-25)37-13-22(27)28/h2-9,11-12,22,30-32H,13H2,1H3/b15-11-,30-19?. The average Bonchev–Trinajstić information content (AvgIpc) is 3.31. The Hall–Kier alpha value is -5.11. The van der Waals surface area contributed by atoms with E-state index in [-0.39, 0.29) is 22.7 Å². The molecule has 3 heterocycles. The molecule has 0 spiro atoms. The van der Waals surface area contributed by atoms with Crippen molar-refractivity contribution >= 4 is 33.3 Å². The molecule has 9 nitrogen and oxygen atoms in total. The first-order valence-electron chi connectivity index (χ1n) is 11.1. The molecule has 0 aliphatic heterocycles. The van der Waals surface area contributed by atoms with Crippen LogP contribution in [0.4, 0.5) is 8.78 Å². The van der Waals surface area contributed by atoms with Crippen molar-refractivity contribution in [2.45, 2.75) is 6.43 Å². The Kier molecular flexibility index (Phi) is 6.07. The molecule has 37 heavy (non-hydrogen) atoms. The highest BCUT2D eigenvalue weighted by Gasteiger charge is 2.20. The normalized spacial score (nSPS) is 14.4. The fraction of sp³-hybridized carbons (Fsp3) is 0.115. The number of nitrogens with one attached hydrogen (secondary N) is 3. The van der Waals surface area contributed by atoms with Crippen molar-refractivity contribution in [3.05, 3.63) is 82.4 Å². The Morgan fingerprint density at radius 3 is 2.89 bits per heavy atom. The lowest BCUT2D eigenvalue weighted by atomic mass is 10.0. The number of H-pyrrole nitrogens is 1. The number of benzene rings is 1. The van der Waals surface area contributed by atoms with E-state index >= 15 is 0 Å². The maximum atomic E-state index is 13.9. The minimum atomic E-state index is -2.69. The molecular weight excluding hydrogens is 480 g/mol. The summed E-state index contributed by atoms with van der Waals surface area (Å²) in [6, 6.07) is 10.2. The van der Waals surface area contributed by atoms with Crippen molar-refractivity contribution in [1.29, 1.82) is 10.7 Å². The Bertz CT molecular complexity index is 1760. The molecule has 0 bridgehead atoms. The molecule has 1 aliphatic carbocycles. The Morgan fingerprint density at radius 1 is 1.30 bits per heavy atom. The second-order valence-electron chi connectivity index (χ2n) is 8.09. The van der Waals surface area contributed by atoms with E-state index in [9.17, 15) is 18.8 Å². The predicted octanol–water partition coefficient (Wildman–Crippen LogP) is 3.99. The summed E-state index contributed by atoms with van der Waals surface area (Å²) >= 11 is 0. The van der Waals surface area contributed by atoms with Gasteiger partial charge in [-0.1, -0.05) is 6.07 Å². The number of nitriles is 1. The van der Waals surface area contributed by atoms with Crippen LogP contribution in [0.15, 0.2) is 71.3 Å². The molecule has 3 aromatic heterocycles. The topological polar surface area (TPSA) is 132 Å². The van der Waals surface area contributed by atoms with Gasteiger partial charge in [0.25, 0.3) is 12.0 Å². The monoisotopic (exact) mass is 499 g/mol. The SMILES string of the molecule is CN/C=C1/C=C(n2nc3ccc(OCC(F)F)nc3c(-c3ccc4[nH]cc(C#N)c4c3)c2=O)C=CC1=N. The number of hydrogen-bond acceptors (Lipinski definition) is 7. The van der Waals surface area contributed by atoms with Crippen molar-refractivity contribution in [2.75, 3.05) is 13.7 Å². The van der Waals surface area contributed by atoms with Crippen molar-refractivity contribution in [3.63, 3.8) is 0 Å². The molecule has 1 aromatic carbocycles. The van der Waals surface area contributed by atoms with Crippen LogP contribution in [0, 0.1) is 16.7 Å². The lowest BCUT2D eigenvalue weighted by Gasteiger charge is -2.15. The fourth-order valence-electron chi connectivity index (χ4n) is 4.05. The van der Waals surface area contributed by atoms with Crippen LogP contribution >= 0.6 is 0 Å². The lowest BCUT2D eigenvalue weighted by Crippen LogP contribution is -2.25. The number of ether oxygens (including phenoxy) is 1. The molecule has 3 N–H and O–H groups in total. The summed E-state index contributed by atoms with van der Waals surface area (Å²) in [5.41, 5.74) is 2.95. The van der Waals surface area contributed by atoms with E-state index in [2.05, 4.69) is 26.5 Å². The van der Waals surface area contributed by atoms with E-state index in [4.69, 9.17) is 10.1 Å². The van der Waals surface area contributed by atoms with Crippen molar-refractivity contribution in [2.24, 2.45) is 0 Å². The van der Waals surface area contributed by atoms with Gasteiger partial charge in [0.2, 0.25) is 5.88 Å². The van der Waals surface area contributed by atoms with Crippen LogP contribution in [0.25, 0.3) is 38.8 Å². The van der Waals surface area contributed by atoms with Crippen LogP contribution in [0.2, 0.25) is 0 Å². The van der Waals surface area contributed by atoms with Crippen molar-refractivity contribution in [3.8, 4) is 23.1 Å². The molecule has 11 heteroatoms. The lowest BCUT2D eigenvalue weighted by molar-refractivity contribution is 0.0798. The van der Waals surface area contributed by atoms with Crippen LogP contribution in [-0.2, 0) is 0 Å². The first kappa shape index (κ1) is 23.6. The number of aromatic nitrogens is 4. The predicted molar refractivity (Wildman–Crippen MR) is 136 cm³/mol. The zero-order chi connectivity index (χ0) is 26.1. The molecule has 0 radical (unpaired) electrons. The molecule has 4 aromatic rings. The zero-order valence-electron chi connectivity index (χ0n) is 19.4. The first-order chi connectivity index (χ1) is 17.9. The molecule has 0 saturated carbocycles. The molecular formula is C26H19F2N7O2. The quantitative estimate of drug-likeness (QED) is 0.368. The van der Waals surface area contributed by atoms with E-state index in [1.165, 1.54) is 16.8 Å². The molecule has 0 unspecified atom stereocenters. The molecule has 0 saturated heterocycles. The molecule has 184 valence electrons. The summed E-state index contributed by atoms with van der Waals surface area (Å²) < 4.78 is 31.7. The summed E-state index contributed by atoms with van der Waals surface area (Å²) in [4.78, 5) is 21.3. The number of halogens is 2. The molecule has 0 atom stereocenters. The maximum Gasteiger partial charge on any atom is 0.281 e. The fourth-order valence-corrected chi connectivity index (χ4v) is 4.05. The molecule has 0 amide bonds. The van der Waals surface area contributed by atoms with Crippen LogP contribution in [0.5, 0.6) is 5.88 Å². The van der Waals surface area contributed by atoms with Crippen LogP contribution in [-0.4, -0.2) is 45.5 Å². The van der Waals surface area contributed by atoms with Gasteiger partial charge < -0.3 is 20.4 Å². The van der Waals surface area contributed by atoms with E-state index in [0.717, 1.165) is 0 Å². The summed E-state index contributed by atoms with van der Waals surface area (Å²) in [6.45, 7) is -0.844. The molecule has 1 aliphatic rings. The number of aromatic amines is 1. The van der Waals surface area contributed by atoms with E-state index < -0.39 is 18.6 Å². The minimum Gasteiger partial charge on any atom is -0.472 e. The zero-order valence-corrected chi connectivity index (χ0v) is 19.4. The molecule has 5 rings (SSSR count). The third kappa shape index (κ3) is 4.36. The smallest absolute Gasteiger partial charge is 0.281 e. The summed E-state index contributed by atoms with van der Waals surface area (Å²) in [5, 5.41) is 25.5. The van der Waals surface area contributed by atoms with E-state index in [1.54, 1.807) is 55.9 Å². The van der Waals surface area contributed by atoms with Gasteiger partial charge in [0, 0.05) is 42.0 Å². The van der Waals surface area contributed by atoms with Crippen LogP contribution in [0.1, 0.15) is 5.56 Å². The third-order valence-corrected chi connectivity index (χ3v) is 5.73. The minimum absolute atomic E-state index is 0.0714. The first-order valence-corrected chi connectivity index (χ1v) is 11.1.